The molecule has 27 heavy (non-hydrogen) atoms. The maximum atomic E-state index is 14.3. The number of hydrogen-bond donors (Lipinski definition) is 1. The highest BCUT2D eigenvalue weighted by Gasteiger charge is 2.46. The molecule has 2 aromatic rings. The summed E-state index contributed by atoms with van der Waals surface area (Å²) in [4.78, 5) is 2.54. The molecular formula is C23H25FN2O. The Morgan fingerprint density at radius 2 is 1.81 bits per heavy atom. The lowest BCUT2D eigenvalue weighted by atomic mass is 9.72. The van der Waals surface area contributed by atoms with Crippen molar-refractivity contribution in [2.75, 3.05) is 0 Å². The van der Waals surface area contributed by atoms with Crippen molar-refractivity contribution in [3.63, 3.8) is 0 Å². The molecule has 0 spiro atoms. The summed E-state index contributed by atoms with van der Waals surface area (Å²) in [6, 6.07) is 18.0. The summed E-state index contributed by atoms with van der Waals surface area (Å²) >= 11 is 0. The molecule has 2 aromatic carbocycles. The van der Waals surface area contributed by atoms with E-state index in [0.717, 1.165) is 19.4 Å². The maximum Gasteiger partial charge on any atom is 0.127 e. The Morgan fingerprint density at radius 3 is 2.44 bits per heavy atom. The van der Waals surface area contributed by atoms with E-state index < -0.39 is 5.60 Å². The van der Waals surface area contributed by atoms with Crippen molar-refractivity contribution in [1.29, 1.82) is 5.26 Å². The lowest BCUT2D eigenvalue weighted by Gasteiger charge is -2.52. The molecule has 2 fully saturated rings. The van der Waals surface area contributed by atoms with Crippen molar-refractivity contribution in [2.45, 2.75) is 62.8 Å². The lowest BCUT2D eigenvalue weighted by Crippen LogP contribution is -2.56. The summed E-state index contributed by atoms with van der Waals surface area (Å²) in [5, 5.41) is 20.2. The van der Waals surface area contributed by atoms with Crippen molar-refractivity contribution in [1.82, 2.24) is 4.90 Å². The Labute approximate surface area is 160 Å². The first-order chi connectivity index (χ1) is 13.1. The van der Waals surface area contributed by atoms with Crippen molar-refractivity contribution in [3.05, 3.63) is 71.0 Å². The van der Waals surface area contributed by atoms with Crippen LogP contribution in [-0.4, -0.2) is 22.1 Å². The molecule has 2 unspecified atom stereocenters. The Hall–Kier alpha value is -2.22. The number of halogens is 1. The van der Waals surface area contributed by atoms with Gasteiger partial charge in [0.15, 0.2) is 0 Å². The minimum atomic E-state index is -0.991. The van der Waals surface area contributed by atoms with Gasteiger partial charge in [-0.25, -0.2) is 4.39 Å². The van der Waals surface area contributed by atoms with Crippen LogP contribution in [0.3, 0.4) is 0 Å². The summed E-state index contributed by atoms with van der Waals surface area (Å²) in [6.45, 7) is 0.904. The van der Waals surface area contributed by atoms with E-state index in [4.69, 9.17) is 5.26 Å². The van der Waals surface area contributed by atoms with Crippen LogP contribution in [0.25, 0.3) is 0 Å². The molecule has 2 aliphatic rings. The normalized spacial score (nSPS) is 27.9. The van der Waals surface area contributed by atoms with Crippen LogP contribution in [0.2, 0.25) is 0 Å². The van der Waals surface area contributed by atoms with Crippen LogP contribution in [0.4, 0.5) is 4.39 Å². The van der Waals surface area contributed by atoms with E-state index in [0.29, 0.717) is 36.1 Å². The highest BCUT2D eigenvalue weighted by atomic mass is 19.1. The predicted octanol–water partition coefficient (Wildman–Crippen LogP) is 4.30. The van der Waals surface area contributed by atoms with Gasteiger partial charge < -0.3 is 5.11 Å². The first-order valence-electron chi connectivity index (χ1n) is 9.77. The zero-order valence-corrected chi connectivity index (χ0v) is 15.4. The number of nitrogens with zero attached hydrogens (tertiary/aromatic N) is 2. The number of fused-ring (bicyclic) bond motifs is 2. The molecule has 0 aromatic heterocycles. The number of aliphatic hydroxyl groups is 1. The smallest absolute Gasteiger partial charge is 0.127 e. The molecule has 0 aliphatic carbocycles. The van der Waals surface area contributed by atoms with E-state index in [2.05, 4.69) is 29.2 Å². The van der Waals surface area contributed by atoms with Gasteiger partial charge in [-0.3, -0.25) is 4.90 Å². The molecule has 2 atom stereocenters. The second-order valence-electron chi connectivity index (χ2n) is 7.98. The molecule has 2 heterocycles. The summed E-state index contributed by atoms with van der Waals surface area (Å²) in [5.41, 5.74) is 1.35. The van der Waals surface area contributed by atoms with Crippen LogP contribution in [0.1, 0.15) is 48.8 Å². The van der Waals surface area contributed by atoms with Gasteiger partial charge in [0, 0.05) is 24.2 Å². The average molecular weight is 364 g/mol. The largest absolute Gasteiger partial charge is 0.385 e. The van der Waals surface area contributed by atoms with Crippen LogP contribution in [0, 0.1) is 17.1 Å². The van der Waals surface area contributed by atoms with Gasteiger partial charge in [0.05, 0.1) is 18.1 Å². The summed E-state index contributed by atoms with van der Waals surface area (Å²) in [6.07, 6.45) is 4.65. The van der Waals surface area contributed by atoms with Gasteiger partial charge in [-0.2, -0.15) is 5.26 Å². The third-order valence-corrected chi connectivity index (χ3v) is 6.23. The second-order valence-corrected chi connectivity index (χ2v) is 7.98. The molecule has 0 amide bonds. The number of piperidine rings is 2. The first kappa shape index (κ1) is 18.2. The molecule has 0 radical (unpaired) electrons. The van der Waals surface area contributed by atoms with E-state index in [-0.39, 0.29) is 12.2 Å². The van der Waals surface area contributed by atoms with E-state index in [1.807, 2.05) is 12.1 Å². The molecule has 2 aliphatic heterocycles. The minimum absolute atomic E-state index is 0.0562. The topological polar surface area (TPSA) is 47.3 Å². The minimum Gasteiger partial charge on any atom is -0.385 e. The molecule has 4 rings (SSSR count). The van der Waals surface area contributed by atoms with Gasteiger partial charge in [-0.05, 0) is 42.9 Å². The molecule has 0 saturated carbocycles. The first-order valence-corrected chi connectivity index (χ1v) is 9.77. The van der Waals surface area contributed by atoms with Gasteiger partial charge in [-0.15, -0.1) is 0 Å². The van der Waals surface area contributed by atoms with Crippen molar-refractivity contribution in [2.24, 2.45) is 0 Å². The monoisotopic (exact) mass is 364 g/mol. The fourth-order valence-corrected chi connectivity index (χ4v) is 4.87. The number of benzene rings is 2. The van der Waals surface area contributed by atoms with Crippen molar-refractivity contribution in [3.8, 4) is 6.07 Å². The number of nitriles is 1. The van der Waals surface area contributed by atoms with Crippen LogP contribution >= 0.6 is 0 Å². The van der Waals surface area contributed by atoms with Crippen LogP contribution in [0.15, 0.2) is 48.5 Å². The quantitative estimate of drug-likeness (QED) is 0.880. The lowest BCUT2D eigenvalue weighted by molar-refractivity contribution is -0.100. The zero-order chi connectivity index (χ0) is 18.9. The number of hydrogen-bond acceptors (Lipinski definition) is 3. The number of rotatable bonds is 4. The standard InChI is InChI=1S/C23H25FN2O/c24-22-13-19(10-9-18(22)11-12-25)23(27)14-20-7-4-8-21(15-23)26(20)16-17-5-2-1-3-6-17/h1-3,5-6,9-10,13,20-21,27H,4,7-8,11,14-16H2. The second kappa shape index (κ2) is 7.42. The van der Waals surface area contributed by atoms with Gasteiger partial charge in [0.1, 0.15) is 5.82 Å². The van der Waals surface area contributed by atoms with E-state index in [1.165, 1.54) is 18.1 Å². The van der Waals surface area contributed by atoms with Gasteiger partial charge >= 0.3 is 0 Å². The zero-order valence-electron chi connectivity index (χ0n) is 15.4. The van der Waals surface area contributed by atoms with Crippen LogP contribution < -0.4 is 0 Å². The van der Waals surface area contributed by atoms with E-state index >= 15 is 0 Å². The molecule has 3 nitrogen and oxygen atoms in total. The predicted molar refractivity (Wildman–Crippen MR) is 102 cm³/mol. The Morgan fingerprint density at radius 1 is 1.11 bits per heavy atom. The Kier molecular flexibility index (Phi) is 4.99. The molecule has 2 saturated heterocycles. The van der Waals surface area contributed by atoms with Gasteiger partial charge in [0.2, 0.25) is 0 Å². The Bertz CT molecular complexity index is 831. The van der Waals surface area contributed by atoms with E-state index in [1.54, 1.807) is 12.1 Å². The molecule has 4 heteroatoms. The van der Waals surface area contributed by atoms with Gasteiger partial charge in [0.25, 0.3) is 0 Å². The van der Waals surface area contributed by atoms with Crippen molar-refractivity contribution < 1.29 is 9.50 Å². The van der Waals surface area contributed by atoms with Crippen LogP contribution in [0.5, 0.6) is 0 Å². The molecule has 140 valence electrons. The fourth-order valence-electron chi connectivity index (χ4n) is 4.87. The average Bonchev–Trinajstić information content (AvgIpc) is 2.65. The SMILES string of the molecule is N#CCc1ccc(C2(O)CC3CCCC(C2)N3Cc2ccccc2)cc1F. The van der Waals surface area contributed by atoms with Gasteiger partial charge in [-0.1, -0.05) is 48.9 Å². The summed E-state index contributed by atoms with van der Waals surface area (Å²) in [5.74, 6) is -0.389. The third-order valence-electron chi connectivity index (χ3n) is 6.23. The van der Waals surface area contributed by atoms with Crippen molar-refractivity contribution >= 4 is 0 Å². The highest BCUT2D eigenvalue weighted by Crippen LogP contribution is 2.45. The third kappa shape index (κ3) is 3.63. The fraction of sp³-hybridized carbons (Fsp3) is 0.435. The Balaban J connectivity index is 1.57. The van der Waals surface area contributed by atoms with Crippen LogP contribution in [-0.2, 0) is 18.6 Å². The molecule has 1 N–H and O–H groups in total. The molecular weight excluding hydrogens is 339 g/mol. The highest BCUT2D eigenvalue weighted by molar-refractivity contribution is 5.31. The summed E-state index contributed by atoms with van der Waals surface area (Å²) in [7, 11) is 0. The maximum absolute atomic E-state index is 14.3. The summed E-state index contributed by atoms with van der Waals surface area (Å²) < 4.78 is 14.3. The van der Waals surface area contributed by atoms with E-state index in [9.17, 15) is 9.50 Å². The molecule has 2 bridgehead atoms.